The summed E-state index contributed by atoms with van der Waals surface area (Å²) in [5, 5.41) is 21.4. The standard InChI is InChI=1S/C23H30O4S/c1-4-6-13-23(5-2)15-28(26,27)20-12-7-16(3)14-19(20)21(22(23)25)17-8-10-18(24)11-9-17/h7-12,14,21-22,24-25H,4-6,13,15H2,1-3H3/t21-,22-,23-/m1/s1. The van der Waals surface area contributed by atoms with Gasteiger partial charge in [-0.3, -0.25) is 0 Å². The third kappa shape index (κ3) is 3.70. The molecule has 0 unspecified atom stereocenters. The number of unbranched alkanes of at least 4 members (excludes halogenated alkanes) is 1. The van der Waals surface area contributed by atoms with Gasteiger partial charge in [0.1, 0.15) is 5.75 Å². The maximum atomic E-state index is 13.4. The number of fused-ring (bicyclic) bond motifs is 1. The van der Waals surface area contributed by atoms with Crippen molar-refractivity contribution in [3.8, 4) is 5.75 Å². The van der Waals surface area contributed by atoms with Crippen molar-refractivity contribution in [2.75, 3.05) is 5.75 Å². The average Bonchev–Trinajstić information content (AvgIpc) is 2.72. The molecule has 2 aromatic rings. The Bertz CT molecular complexity index is 934. The molecule has 0 radical (unpaired) electrons. The molecule has 1 aliphatic rings. The first-order valence-corrected chi connectivity index (χ1v) is 11.7. The maximum absolute atomic E-state index is 13.4. The third-order valence-electron chi connectivity index (χ3n) is 6.24. The number of hydrogen-bond donors (Lipinski definition) is 2. The van der Waals surface area contributed by atoms with Gasteiger partial charge >= 0.3 is 0 Å². The van der Waals surface area contributed by atoms with Crippen molar-refractivity contribution in [3.05, 3.63) is 59.2 Å². The van der Waals surface area contributed by atoms with E-state index in [1.165, 1.54) is 0 Å². The van der Waals surface area contributed by atoms with E-state index in [1.54, 1.807) is 30.3 Å². The molecule has 5 heteroatoms. The molecule has 0 bridgehead atoms. The van der Waals surface area contributed by atoms with Crippen LogP contribution < -0.4 is 0 Å². The van der Waals surface area contributed by atoms with E-state index in [0.717, 1.165) is 24.0 Å². The van der Waals surface area contributed by atoms with Crippen molar-refractivity contribution in [2.45, 2.75) is 63.4 Å². The predicted molar refractivity (Wildman–Crippen MR) is 111 cm³/mol. The number of sulfone groups is 1. The summed E-state index contributed by atoms with van der Waals surface area (Å²) in [5.41, 5.74) is 1.74. The molecule has 0 amide bonds. The Balaban J connectivity index is 2.28. The van der Waals surface area contributed by atoms with Crippen LogP contribution >= 0.6 is 0 Å². The number of aryl methyl sites for hydroxylation is 1. The Labute approximate surface area is 168 Å². The van der Waals surface area contributed by atoms with Crippen LogP contribution in [0.4, 0.5) is 0 Å². The molecule has 3 atom stereocenters. The molecule has 1 heterocycles. The number of aromatic hydroxyl groups is 1. The van der Waals surface area contributed by atoms with Crippen LogP contribution in [0.2, 0.25) is 0 Å². The fraction of sp³-hybridized carbons (Fsp3) is 0.478. The van der Waals surface area contributed by atoms with Crippen LogP contribution in [-0.2, 0) is 9.84 Å². The molecule has 0 fully saturated rings. The minimum absolute atomic E-state index is 0.0394. The monoisotopic (exact) mass is 402 g/mol. The van der Waals surface area contributed by atoms with E-state index in [4.69, 9.17) is 0 Å². The van der Waals surface area contributed by atoms with E-state index in [-0.39, 0.29) is 11.5 Å². The highest BCUT2D eigenvalue weighted by atomic mass is 32.2. The van der Waals surface area contributed by atoms with Crippen LogP contribution in [0.3, 0.4) is 0 Å². The van der Waals surface area contributed by atoms with Crippen molar-refractivity contribution < 1.29 is 18.6 Å². The van der Waals surface area contributed by atoms with Gasteiger partial charge in [0, 0.05) is 11.3 Å². The summed E-state index contributed by atoms with van der Waals surface area (Å²) < 4.78 is 26.7. The highest BCUT2D eigenvalue weighted by Gasteiger charge is 2.48. The number of aliphatic hydroxyl groups excluding tert-OH is 1. The van der Waals surface area contributed by atoms with Gasteiger partial charge in [0.15, 0.2) is 9.84 Å². The Kier molecular flexibility index (Phi) is 5.87. The molecule has 0 spiro atoms. The Morgan fingerprint density at radius 2 is 1.79 bits per heavy atom. The van der Waals surface area contributed by atoms with Gasteiger partial charge < -0.3 is 10.2 Å². The lowest BCUT2D eigenvalue weighted by Gasteiger charge is -2.39. The molecular weight excluding hydrogens is 372 g/mol. The first-order valence-electron chi connectivity index (χ1n) is 10.0. The van der Waals surface area contributed by atoms with Gasteiger partial charge in [0.25, 0.3) is 0 Å². The lowest BCUT2D eigenvalue weighted by atomic mass is 9.69. The van der Waals surface area contributed by atoms with Crippen molar-refractivity contribution in [1.29, 1.82) is 0 Å². The van der Waals surface area contributed by atoms with E-state index in [1.807, 2.05) is 26.0 Å². The lowest BCUT2D eigenvalue weighted by molar-refractivity contribution is 0.0174. The van der Waals surface area contributed by atoms with Gasteiger partial charge in [0.05, 0.1) is 16.8 Å². The molecule has 0 saturated carbocycles. The van der Waals surface area contributed by atoms with E-state index >= 15 is 0 Å². The topological polar surface area (TPSA) is 74.6 Å². The zero-order valence-corrected chi connectivity index (χ0v) is 17.7. The largest absolute Gasteiger partial charge is 0.508 e. The van der Waals surface area contributed by atoms with Crippen LogP contribution in [-0.4, -0.2) is 30.5 Å². The number of rotatable bonds is 5. The molecule has 2 aromatic carbocycles. The molecule has 3 rings (SSSR count). The fourth-order valence-corrected chi connectivity index (χ4v) is 6.79. The second kappa shape index (κ2) is 7.88. The maximum Gasteiger partial charge on any atom is 0.179 e. The van der Waals surface area contributed by atoms with Crippen molar-refractivity contribution in [1.82, 2.24) is 0 Å². The van der Waals surface area contributed by atoms with Crippen LogP contribution in [0.5, 0.6) is 5.75 Å². The summed E-state index contributed by atoms with van der Waals surface area (Å²) in [4.78, 5) is 0.321. The van der Waals surface area contributed by atoms with Gasteiger partial charge in [-0.2, -0.15) is 0 Å². The second-order valence-corrected chi connectivity index (χ2v) is 10.1. The van der Waals surface area contributed by atoms with Gasteiger partial charge in [0.2, 0.25) is 0 Å². The van der Waals surface area contributed by atoms with E-state index in [9.17, 15) is 18.6 Å². The van der Waals surface area contributed by atoms with Crippen LogP contribution in [0.25, 0.3) is 0 Å². The highest BCUT2D eigenvalue weighted by Crippen LogP contribution is 2.48. The van der Waals surface area contributed by atoms with Crippen molar-refractivity contribution in [2.24, 2.45) is 5.41 Å². The molecule has 0 aliphatic carbocycles. The van der Waals surface area contributed by atoms with Crippen LogP contribution in [0.1, 0.15) is 62.1 Å². The molecule has 4 nitrogen and oxygen atoms in total. The van der Waals surface area contributed by atoms with Crippen molar-refractivity contribution in [3.63, 3.8) is 0 Å². The quantitative estimate of drug-likeness (QED) is 0.768. The number of benzene rings is 2. The van der Waals surface area contributed by atoms with Gasteiger partial charge in [-0.25, -0.2) is 8.42 Å². The minimum Gasteiger partial charge on any atom is -0.508 e. The molecule has 152 valence electrons. The third-order valence-corrected chi connectivity index (χ3v) is 8.24. The molecule has 2 N–H and O–H groups in total. The van der Waals surface area contributed by atoms with E-state index in [0.29, 0.717) is 23.3 Å². The first-order chi connectivity index (χ1) is 13.2. The van der Waals surface area contributed by atoms with Crippen molar-refractivity contribution >= 4 is 9.84 Å². The molecular formula is C23H30O4S. The van der Waals surface area contributed by atoms with Crippen LogP contribution in [0, 0.1) is 12.3 Å². The average molecular weight is 403 g/mol. The number of hydrogen-bond acceptors (Lipinski definition) is 4. The lowest BCUT2D eigenvalue weighted by Crippen LogP contribution is -2.42. The normalized spacial score (nSPS) is 26.4. The van der Waals surface area contributed by atoms with Gasteiger partial charge in [-0.05, 0) is 49.1 Å². The number of aliphatic hydroxyl groups is 1. The molecule has 28 heavy (non-hydrogen) atoms. The SMILES string of the molecule is CCCC[C@]1(CC)CS(=O)(=O)c2ccc(C)cc2[C@@H](c2ccc(O)cc2)[C@H]1O. The molecule has 1 aliphatic heterocycles. The van der Waals surface area contributed by atoms with Gasteiger partial charge in [-0.1, -0.05) is 56.5 Å². The summed E-state index contributed by atoms with van der Waals surface area (Å²) >= 11 is 0. The van der Waals surface area contributed by atoms with Gasteiger partial charge in [-0.15, -0.1) is 0 Å². The van der Waals surface area contributed by atoms with E-state index in [2.05, 4.69) is 6.92 Å². The summed E-state index contributed by atoms with van der Waals surface area (Å²) in [6.45, 7) is 5.99. The molecule has 0 aromatic heterocycles. The second-order valence-electron chi connectivity index (χ2n) is 8.13. The van der Waals surface area contributed by atoms with Crippen LogP contribution in [0.15, 0.2) is 47.4 Å². The predicted octanol–water partition coefficient (Wildman–Crippen LogP) is 4.57. The summed E-state index contributed by atoms with van der Waals surface area (Å²) in [6, 6.07) is 12.2. The fourth-order valence-electron chi connectivity index (χ4n) is 4.54. The zero-order valence-electron chi connectivity index (χ0n) is 16.9. The highest BCUT2D eigenvalue weighted by molar-refractivity contribution is 7.91. The Hall–Kier alpha value is -1.85. The summed E-state index contributed by atoms with van der Waals surface area (Å²) in [5.74, 6) is -0.344. The first kappa shape index (κ1) is 20.9. The minimum atomic E-state index is -3.54. The number of phenols is 1. The zero-order chi connectivity index (χ0) is 20.5. The van der Waals surface area contributed by atoms with E-state index < -0.39 is 27.3 Å². The number of phenolic OH excluding ortho intramolecular Hbond substituents is 1. The Morgan fingerprint density at radius 1 is 1.11 bits per heavy atom. The smallest absolute Gasteiger partial charge is 0.179 e. The molecule has 0 saturated heterocycles. The summed E-state index contributed by atoms with van der Waals surface area (Å²) in [6.07, 6.45) is 2.26. The summed E-state index contributed by atoms with van der Waals surface area (Å²) in [7, 11) is -3.54. The Morgan fingerprint density at radius 3 is 2.39 bits per heavy atom.